The Kier molecular flexibility index (Phi) is 6.77. The number of carbonyl (C=O) groups is 2. The third-order valence-corrected chi connectivity index (χ3v) is 6.40. The van der Waals surface area contributed by atoms with Crippen LogP contribution in [0.1, 0.15) is 38.7 Å². The van der Waals surface area contributed by atoms with Crippen LogP contribution in [0.3, 0.4) is 0 Å². The number of nitrogens with zero attached hydrogens (tertiary/aromatic N) is 3. The molecule has 0 aromatic heterocycles. The van der Waals surface area contributed by atoms with Crippen LogP contribution in [-0.4, -0.2) is 72.9 Å². The third kappa shape index (κ3) is 4.55. The van der Waals surface area contributed by atoms with Crippen molar-refractivity contribution in [2.45, 2.75) is 39.7 Å². The topological polar surface area (TPSA) is 53.1 Å². The van der Waals surface area contributed by atoms with Crippen LogP contribution in [0.5, 0.6) is 5.75 Å². The summed E-state index contributed by atoms with van der Waals surface area (Å²) in [7, 11) is 1.54. The number of carbonyl (C=O) groups excluding carboxylic acids is 2. The molecule has 2 aliphatic heterocycles. The van der Waals surface area contributed by atoms with Gasteiger partial charge in [-0.1, -0.05) is 13.8 Å². The molecule has 2 saturated heterocycles. The summed E-state index contributed by atoms with van der Waals surface area (Å²) in [6.07, 6.45) is 2.35. The van der Waals surface area contributed by atoms with Crippen LogP contribution in [0.2, 0.25) is 0 Å². The van der Waals surface area contributed by atoms with Crippen molar-refractivity contribution in [3.05, 3.63) is 29.6 Å². The van der Waals surface area contributed by atoms with Crippen molar-refractivity contribution in [3.63, 3.8) is 0 Å². The minimum atomic E-state index is -0.521. The summed E-state index contributed by atoms with van der Waals surface area (Å²) in [5.74, 6) is 0.383. The molecule has 1 atom stereocenters. The Labute approximate surface area is 172 Å². The van der Waals surface area contributed by atoms with Crippen LogP contribution in [0.4, 0.5) is 4.39 Å². The highest BCUT2D eigenvalue weighted by molar-refractivity contribution is 5.86. The Morgan fingerprint density at radius 3 is 2.69 bits per heavy atom. The summed E-state index contributed by atoms with van der Waals surface area (Å²) < 4.78 is 19.5. The summed E-state index contributed by atoms with van der Waals surface area (Å²) >= 11 is 0. The van der Waals surface area contributed by atoms with E-state index in [9.17, 15) is 14.0 Å². The Morgan fingerprint density at radius 2 is 2.00 bits per heavy atom. The number of hydrogen-bond acceptors (Lipinski definition) is 4. The first-order chi connectivity index (χ1) is 13.9. The standard InChI is InChI=1S/C22H32FN3O3/c1-4-24(5-2)15-20(27)26-12-10-22(16-26)9-6-11-25(21(22)28)14-17-13-18(29-3)7-8-19(17)23/h7-8,13H,4-6,9-12,14-16H2,1-3H3/t22-/m1/s1. The molecule has 0 radical (unpaired) electrons. The average molecular weight is 406 g/mol. The molecule has 0 saturated carbocycles. The van der Waals surface area contributed by atoms with Gasteiger partial charge in [0.05, 0.1) is 19.1 Å². The van der Waals surface area contributed by atoms with Crippen LogP contribution in [0.25, 0.3) is 0 Å². The van der Waals surface area contributed by atoms with Crippen molar-refractivity contribution in [1.82, 2.24) is 14.7 Å². The Hall–Kier alpha value is -2.15. The van der Waals surface area contributed by atoms with Gasteiger partial charge in [0.15, 0.2) is 0 Å². The third-order valence-electron chi connectivity index (χ3n) is 6.40. The monoisotopic (exact) mass is 405 g/mol. The largest absolute Gasteiger partial charge is 0.497 e. The fraction of sp³-hybridized carbons (Fsp3) is 0.636. The Bertz CT molecular complexity index is 753. The van der Waals surface area contributed by atoms with Gasteiger partial charge in [0.2, 0.25) is 11.8 Å². The zero-order valence-electron chi connectivity index (χ0n) is 17.7. The van der Waals surface area contributed by atoms with E-state index in [1.54, 1.807) is 24.1 Å². The lowest BCUT2D eigenvalue weighted by Crippen LogP contribution is -2.50. The van der Waals surface area contributed by atoms with E-state index in [2.05, 4.69) is 4.90 Å². The van der Waals surface area contributed by atoms with Crippen LogP contribution >= 0.6 is 0 Å². The zero-order valence-corrected chi connectivity index (χ0v) is 17.7. The molecule has 0 N–H and O–H groups in total. The number of likely N-dealkylation sites (N-methyl/N-ethyl adjacent to an activating group) is 1. The highest BCUT2D eigenvalue weighted by Gasteiger charge is 2.49. The van der Waals surface area contributed by atoms with Crippen molar-refractivity contribution in [1.29, 1.82) is 0 Å². The lowest BCUT2D eigenvalue weighted by Gasteiger charge is -2.39. The van der Waals surface area contributed by atoms with Crippen molar-refractivity contribution >= 4 is 11.8 Å². The van der Waals surface area contributed by atoms with Gasteiger partial charge < -0.3 is 14.5 Å². The van der Waals surface area contributed by atoms with Gasteiger partial charge in [-0.05, 0) is 50.6 Å². The fourth-order valence-corrected chi connectivity index (χ4v) is 4.51. The number of halogens is 1. The lowest BCUT2D eigenvalue weighted by molar-refractivity contribution is -0.147. The number of likely N-dealkylation sites (tertiary alicyclic amines) is 2. The summed E-state index contributed by atoms with van der Waals surface area (Å²) in [4.78, 5) is 31.7. The summed E-state index contributed by atoms with van der Waals surface area (Å²) in [6, 6.07) is 4.61. The van der Waals surface area contributed by atoms with Gasteiger partial charge in [-0.3, -0.25) is 14.5 Å². The molecule has 1 aromatic rings. The van der Waals surface area contributed by atoms with E-state index in [-0.39, 0.29) is 24.2 Å². The minimum Gasteiger partial charge on any atom is -0.497 e. The number of rotatable bonds is 7. The molecule has 2 aliphatic rings. The van der Waals surface area contributed by atoms with Crippen molar-refractivity contribution in [3.8, 4) is 5.75 Å². The molecule has 0 bridgehead atoms. The van der Waals surface area contributed by atoms with Crippen molar-refractivity contribution < 1.29 is 18.7 Å². The predicted molar refractivity (Wildman–Crippen MR) is 109 cm³/mol. The summed E-state index contributed by atoms with van der Waals surface area (Å²) in [5, 5.41) is 0. The average Bonchev–Trinajstić information content (AvgIpc) is 3.16. The van der Waals surface area contributed by atoms with E-state index >= 15 is 0 Å². The molecule has 2 fully saturated rings. The molecular formula is C22H32FN3O3. The minimum absolute atomic E-state index is 0.0455. The highest BCUT2D eigenvalue weighted by Crippen LogP contribution is 2.40. The van der Waals surface area contributed by atoms with Crippen LogP contribution < -0.4 is 4.74 Å². The first kappa shape index (κ1) is 21.6. The van der Waals surface area contributed by atoms with Crippen LogP contribution in [0.15, 0.2) is 18.2 Å². The molecule has 2 amide bonds. The molecule has 6 nitrogen and oxygen atoms in total. The van der Waals surface area contributed by atoms with Gasteiger partial charge in [0.1, 0.15) is 11.6 Å². The van der Waals surface area contributed by atoms with Gasteiger partial charge in [-0.15, -0.1) is 0 Å². The zero-order chi connectivity index (χ0) is 21.0. The maximum absolute atomic E-state index is 14.3. The van der Waals surface area contributed by atoms with Gasteiger partial charge in [0.25, 0.3) is 0 Å². The second-order valence-corrected chi connectivity index (χ2v) is 8.09. The fourth-order valence-electron chi connectivity index (χ4n) is 4.51. The molecule has 29 heavy (non-hydrogen) atoms. The number of amides is 2. The maximum Gasteiger partial charge on any atom is 0.236 e. The first-order valence-electron chi connectivity index (χ1n) is 10.5. The molecule has 1 spiro atoms. The Morgan fingerprint density at radius 1 is 1.24 bits per heavy atom. The molecule has 0 unspecified atom stereocenters. The molecule has 0 aliphatic carbocycles. The first-order valence-corrected chi connectivity index (χ1v) is 10.5. The second kappa shape index (κ2) is 9.11. The van der Waals surface area contributed by atoms with E-state index in [0.29, 0.717) is 43.9 Å². The lowest BCUT2D eigenvalue weighted by atomic mass is 9.78. The number of ether oxygens (including phenoxy) is 1. The maximum atomic E-state index is 14.3. The number of methoxy groups -OCH3 is 1. The van der Waals surface area contributed by atoms with Crippen molar-refractivity contribution in [2.75, 3.05) is 46.4 Å². The van der Waals surface area contributed by atoms with E-state index in [0.717, 1.165) is 25.9 Å². The van der Waals surface area contributed by atoms with E-state index in [1.807, 2.05) is 18.7 Å². The Balaban J connectivity index is 1.69. The molecule has 3 rings (SSSR count). The van der Waals surface area contributed by atoms with E-state index < -0.39 is 5.41 Å². The molecule has 1 aromatic carbocycles. The predicted octanol–water partition coefficient (Wildman–Crippen LogP) is 2.52. The van der Waals surface area contributed by atoms with Crippen LogP contribution in [0, 0.1) is 11.2 Å². The quantitative estimate of drug-likeness (QED) is 0.700. The second-order valence-electron chi connectivity index (χ2n) is 8.09. The normalized spacial score (nSPS) is 22.0. The molecule has 160 valence electrons. The highest BCUT2D eigenvalue weighted by atomic mass is 19.1. The van der Waals surface area contributed by atoms with Gasteiger partial charge in [-0.25, -0.2) is 4.39 Å². The number of piperidine rings is 1. The summed E-state index contributed by atoms with van der Waals surface area (Å²) in [6.45, 7) is 8.10. The SMILES string of the molecule is CCN(CC)CC(=O)N1CC[C@]2(CCCN(Cc3cc(OC)ccc3F)C2=O)C1. The number of hydrogen-bond donors (Lipinski definition) is 0. The molecular weight excluding hydrogens is 373 g/mol. The molecule has 2 heterocycles. The van der Waals surface area contributed by atoms with Gasteiger partial charge in [-0.2, -0.15) is 0 Å². The smallest absolute Gasteiger partial charge is 0.236 e. The number of benzene rings is 1. The van der Waals surface area contributed by atoms with E-state index in [1.165, 1.54) is 6.07 Å². The van der Waals surface area contributed by atoms with Gasteiger partial charge in [0, 0.05) is 31.7 Å². The van der Waals surface area contributed by atoms with E-state index in [4.69, 9.17) is 4.74 Å². The van der Waals surface area contributed by atoms with Crippen molar-refractivity contribution in [2.24, 2.45) is 5.41 Å². The van der Waals surface area contributed by atoms with Crippen LogP contribution in [-0.2, 0) is 16.1 Å². The summed E-state index contributed by atoms with van der Waals surface area (Å²) in [5.41, 5.74) is -0.0609. The van der Waals surface area contributed by atoms with Gasteiger partial charge >= 0.3 is 0 Å². The molecule has 7 heteroatoms.